The highest BCUT2D eigenvalue weighted by molar-refractivity contribution is 5.79. The number of aliphatic carboxylic acids is 1. The van der Waals surface area contributed by atoms with E-state index in [-0.39, 0.29) is 30.8 Å². The van der Waals surface area contributed by atoms with Crippen LogP contribution in [-0.2, 0) is 9.53 Å². The van der Waals surface area contributed by atoms with E-state index in [0.29, 0.717) is 0 Å². The van der Waals surface area contributed by atoms with Crippen LogP contribution >= 0.6 is 0 Å². The van der Waals surface area contributed by atoms with Crippen molar-refractivity contribution >= 4 is 12.1 Å². The monoisotopic (exact) mass is 391 g/mol. The van der Waals surface area contributed by atoms with Crippen LogP contribution in [-0.4, -0.2) is 29.3 Å². The van der Waals surface area contributed by atoms with Crippen LogP contribution in [0.25, 0.3) is 11.1 Å². The molecule has 0 spiro atoms. The second-order valence-corrected chi connectivity index (χ2v) is 8.61. The van der Waals surface area contributed by atoms with Gasteiger partial charge in [0.15, 0.2) is 0 Å². The maximum Gasteiger partial charge on any atom is 0.407 e. The Hall–Kier alpha value is -2.82. The quantitative estimate of drug-likeness (QED) is 0.726. The molecular formula is C24H25NO4. The fourth-order valence-corrected chi connectivity index (χ4v) is 5.14. The van der Waals surface area contributed by atoms with Crippen molar-refractivity contribution in [3.8, 4) is 11.1 Å². The fraction of sp³-hybridized carbons (Fsp3) is 0.417. The lowest BCUT2D eigenvalue weighted by atomic mass is 9.84. The van der Waals surface area contributed by atoms with Crippen LogP contribution in [0.3, 0.4) is 0 Å². The molecule has 0 aliphatic heterocycles. The number of carboxylic acids is 1. The van der Waals surface area contributed by atoms with Crippen molar-refractivity contribution in [1.82, 2.24) is 5.32 Å². The molecule has 1 amide bonds. The number of hydrogen-bond acceptors (Lipinski definition) is 3. The van der Waals surface area contributed by atoms with Crippen molar-refractivity contribution in [2.45, 2.75) is 43.6 Å². The largest absolute Gasteiger partial charge is 0.481 e. The first-order valence-electron chi connectivity index (χ1n) is 10.4. The third kappa shape index (κ3) is 3.28. The van der Waals surface area contributed by atoms with Crippen LogP contribution in [0.4, 0.5) is 4.79 Å². The summed E-state index contributed by atoms with van der Waals surface area (Å²) in [5, 5.41) is 12.5. The molecule has 0 atom stereocenters. The van der Waals surface area contributed by atoms with Gasteiger partial charge in [-0.25, -0.2) is 4.79 Å². The van der Waals surface area contributed by atoms with Gasteiger partial charge in [-0.15, -0.1) is 0 Å². The molecule has 2 N–H and O–H groups in total. The first-order chi connectivity index (χ1) is 14.1. The summed E-state index contributed by atoms with van der Waals surface area (Å²) in [6, 6.07) is 16.5. The van der Waals surface area contributed by atoms with Gasteiger partial charge in [-0.05, 0) is 59.8 Å². The van der Waals surface area contributed by atoms with Crippen molar-refractivity contribution in [3.63, 3.8) is 0 Å². The van der Waals surface area contributed by atoms with E-state index < -0.39 is 17.6 Å². The number of carboxylic acid groups (broad SMARTS) is 1. The Morgan fingerprint density at radius 3 is 1.93 bits per heavy atom. The maximum atomic E-state index is 12.8. The Morgan fingerprint density at radius 1 is 0.931 bits per heavy atom. The molecule has 0 heterocycles. The minimum Gasteiger partial charge on any atom is -0.481 e. The average Bonchev–Trinajstić information content (AvgIpc) is 3.61. The van der Waals surface area contributed by atoms with Crippen LogP contribution in [0.1, 0.15) is 49.1 Å². The smallest absolute Gasteiger partial charge is 0.407 e. The lowest BCUT2D eigenvalue weighted by Crippen LogP contribution is -2.54. The summed E-state index contributed by atoms with van der Waals surface area (Å²) < 4.78 is 5.69. The molecule has 29 heavy (non-hydrogen) atoms. The zero-order valence-electron chi connectivity index (χ0n) is 16.3. The Bertz CT molecular complexity index is 903. The van der Waals surface area contributed by atoms with Gasteiger partial charge in [-0.2, -0.15) is 0 Å². The van der Waals surface area contributed by atoms with Gasteiger partial charge in [0, 0.05) is 5.92 Å². The highest BCUT2D eigenvalue weighted by atomic mass is 16.5. The zero-order chi connectivity index (χ0) is 20.0. The van der Waals surface area contributed by atoms with E-state index in [2.05, 4.69) is 29.6 Å². The molecule has 150 valence electrons. The third-order valence-corrected chi connectivity index (χ3v) is 6.73. The number of alkyl carbamates (subject to hydrolysis) is 1. The molecule has 0 aromatic heterocycles. The van der Waals surface area contributed by atoms with Gasteiger partial charge in [0.05, 0.1) is 12.0 Å². The lowest BCUT2D eigenvalue weighted by molar-refractivity contribution is -0.139. The van der Waals surface area contributed by atoms with E-state index >= 15 is 0 Å². The summed E-state index contributed by atoms with van der Waals surface area (Å²) in [5.41, 5.74) is 4.07. The summed E-state index contributed by atoms with van der Waals surface area (Å²) in [6.45, 7) is 0.248. The Balaban J connectivity index is 1.32. The molecule has 3 aliphatic carbocycles. The van der Waals surface area contributed by atoms with Crippen LogP contribution in [0.5, 0.6) is 0 Å². The average molecular weight is 391 g/mol. The van der Waals surface area contributed by atoms with E-state index in [1.54, 1.807) is 0 Å². The van der Waals surface area contributed by atoms with Gasteiger partial charge < -0.3 is 15.2 Å². The highest BCUT2D eigenvalue weighted by Crippen LogP contribution is 2.54. The molecule has 0 unspecified atom stereocenters. The third-order valence-electron chi connectivity index (χ3n) is 6.73. The minimum absolute atomic E-state index is 0.00359. The number of nitrogens with one attached hydrogen (secondary N) is 1. The molecule has 0 bridgehead atoms. The topological polar surface area (TPSA) is 75.6 Å². The second kappa shape index (κ2) is 6.90. The standard InChI is InChI=1S/C24H25NO4/c26-22(27)13-24(15-9-10-15,16-11-12-16)25-23(28)29-14-21-19-7-3-1-5-17(19)18-6-2-4-8-20(18)21/h1-8,15-16,21H,9-14H2,(H,25,28)(H,26,27). The maximum absolute atomic E-state index is 12.8. The summed E-state index contributed by atoms with van der Waals surface area (Å²) in [4.78, 5) is 24.3. The van der Waals surface area contributed by atoms with Crippen LogP contribution in [0.2, 0.25) is 0 Å². The van der Waals surface area contributed by atoms with Gasteiger partial charge in [0.1, 0.15) is 6.61 Å². The number of carbonyl (C=O) groups is 2. The zero-order valence-corrected chi connectivity index (χ0v) is 16.3. The van der Waals surface area contributed by atoms with E-state index in [4.69, 9.17) is 4.74 Å². The molecular weight excluding hydrogens is 366 g/mol. The van der Waals surface area contributed by atoms with Gasteiger partial charge in [-0.3, -0.25) is 4.79 Å². The van der Waals surface area contributed by atoms with Gasteiger partial charge in [-0.1, -0.05) is 48.5 Å². The summed E-state index contributed by atoms with van der Waals surface area (Å²) in [5.74, 6) is -0.343. The van der Waals surface area contributed by atoms with Gasteiger partial charge in [0.2, 0.25) is 0 Å². The predicted octanol–water partition coefficient (Wildman–Crippen LogP) is 4.56. The molecule has 2 aromatic carbocycles. The Kier molecular flexibility index (Phi) is 4.34. The second-order valence-electron chi connectivity index (χ2n) is 8.61. The molecule has 5 rings (SSSR count). The molecule has 5 nitrogen and oxygen atoms in total. The SMILES string of the molecule is O=C(O)CC(NC(=O)OCC1c2ccccc2-c2ccccc21)(C1CC1)C1CC1. The van der Waals surface area contributed by atoms with Crippen molar-refractivity contribution in [2.75, 3.05) is 6.61 Å². The molecule has 3 aliphatic rings. The van der Waals surface area contributed by atoms with Crippen LogP contribution < -0.4 is 5.32 Å². The molecule has 0 radical (unpaired) electrons. The molecule has 5 heteroatoms. The van der Waals surface area contributed by atoms with E-state index in [1.807, 2.05) is 24.3 Å². The van der Waals surface area contributed by atoms with Crippen molar-refractivity contribution < 1.29 is 19.4 Å². The number of carbonyl (C=O) groups excluding carboxylic acids is 1. The summed E-state index contributed by atoms with van der Waals surface area (Å²) in [6.07, 6.45) is 3.40. The Labute approximate surface area is 170 Å². The van der Waals surface area contributed by atoms with E-state index in [0.717, 1.165) is 25.7 Å². The van der Waals surface area contributed by atoms with Gasteiger partial charge in [0.25, 0.3) is 0 Å². The van der Waals surface area contributed by atoms with E-state index in [9.17, 15) is 14.7 Å². The molecule has 2 aromatic rings. The highest BCUT2D eigenvalue weighted by Gasteiger charge is 2.56. The lowest BCUT2D eigenvalue weighted by Gasteiger charge is -2.34. The number of rotatable bonds is 7. The molecule has 2 fully saturated rings. The minimum atomic E-state index is -0.859. The van der Waals surface area contributed by atoms with Crippen molar-refractivity contribution in [2.24, 2.45) is 11.8 Å². The fourth-order valence-electron chi connectivity index (χ4n) is 5.14. The molecule has 2 saturated carbocycles. The number of amides is 1. The van der Waals surface area contributed by atoms with Gasteiger partial charge >= 0.3 is 12.1 Å². The molecule has 0 saturated heterocycles. The Morgan fingerprint density at radius 2 is 1.45 bits per heavy atom. The number of benzene rings is 2. The first kappa shape index (κ1) is 18.2. The van der Waals surface area contributed by atoms with Crippen LogP contribution in [0, 0.1) is 11.8 Å². The number of hydrogen-bond donors (Lipinski definition) is 2. The van der Waals surface area contributed by atoms with Crippen molar-refractivity contribution in [1.29, 1.82) is 0 Å². The summed E-state index contributed by atoms with van der Waals surface area (Å²) >= 11 is 0. The van der Waals surface area contributed by atoms with E-state index in [1.165, 1.54) is 22.3 Å². The van der Waals surface area contributed by atoms with Crippen LogP contribution in [0.15, 0.2) is 48.5 Å². The van der Waals surface area contributed by atoms with Crippen molar-refractivity contribution in [3.05, 3.63) is 59.7 Å². The summed E-state index contributed by atoms with van der Waals surface area (Å²) in [7, 11) is 0. The number of ether oxygens (including phenoxy) is 1. The normalized spacial score (nSPS) is 18.1. The first-order valence-corrected chi connectivity index (χ1v) is 10.4. The number of fused-ring (bicyclic) bond motifs is 3. The predicted molar refractivity (Wildman–Crippen MR) is 109 cm³/mol.